The van der Waals surface area contributed by atoms with Gasteiger partial charge in [-0.2, -0.15) is 13.2 Å². The molecule has 3 rings (SSSR count). The first-order valence-corrected chi connectivity index (χ1v) is 8.62. The van der Waals surface area contributed by atoms with Crippen molar-refractivity contribution in [2.24, 2.45) is 0 Å². The Morgan fingerprint density at radius 2 is 1.67 bits per heavy atom. The van der Waals surface area contributed by atoms with Gasteiger partial charge in [0.05, 0.1) is 18.5 Å². The van der Waals surface area contributed by atoms with Crippen LogP contribution in [0.5, 0.6) is 0 Å². The number of likely N-dealkylation sites (tertiary alicyclic amines) is 1. The van der Waals surface area contributed by atoms with E-state index in [1.54, 1.807) is 7.05 Å². The quantitative estimate of drug-likeness (QED) is 0.812. The second-order valence-corrected chi connectivity index (χ2v) is 6.81. The predicted molar refractivity (Wildman–Crippen MR) is 92.6 cm³/mol. The maximum absolute atomic E-state index is 12.6. The lowest BCUT2D eigenvalue weighted by Gasteiger charge is -2.21. The molecule has 1 aliphatic rings. The van der Waals surface area contributed by atoms with Crippen LogP contribution >= 0.6 is 0 Å². The van der Waals surface area contributed by atoms with Gasteiger partial charge in [-0.3, -0.25) is 9.59 Å². The molecule has 27 heavy (non-hydrogen) atoms. The van der Waals surface area contributed by atoms with E-state index in [9.17, 15) is 22.8 Å². The molecule has 7 heteroatoms. The zero-order valence-electron chi connectivity index (χ0n) is 14.8. The van der Waals surface area contributed by atoms with Crippen LogP contribution in [0.3, 0.4) is 0 Å². The number of carbonyl (C=O) groups is 2. The monoisotopic (exact) mass is 377 g/mol. The van der Waals surface area contributed by atoms with Gasteiger partial charge in [-0.15, -0.1) is 0 Å². The topological polar surface area (TPSA) is 41.8 Å². The standard InChI is InChI=1S/C20H19F3N2O2/c1-24(12-14-7-9-16(10-8-14)20(21,22)23)13-25-18(26)11-17(19(25)27)15-5-3-2-4-6-15/h2-10,17H,11-13H2,1H3/p+1/t17-/m0/s1. The minimum Gasteiger partial charge on any atom is -0.316 e. The second-order valence-electron chi connectivity index (χ2n) is 6.81. The first-order chi connectivity index (χ1) is 12.8. The van der Waals surface area contributed by atoms with Crippen molar-refractivity contribution in [2.75, 3.05) is 13.7 Å². The molecule has 2 atom stereocenters. The Kier molecular flexibility index (Phi) is 5.32. The van der Waals surface area contributed by atoms with E-state index in [0.717, 1.165) is 22.6 Å². The average molecular weight is 377 g/mol. The Hall–Kier alpha value is -2.67. The molecule has 1 heterocycles. The van der Waals surface area contributed by atoms with Gasteiger partial charge in [0.1, 0.15) is 6.54 Å². The number of hydrogen-bond acceptors (Lipinski definition) is 2. The summed E-state index contributed by atoms with van der Waals surface area (Å²) in [7, 11) is 1.80. The predicted octanol–water partition coefficient (Wildman–Crippen LogP) is 2.22. The maximum Gasteiger partial charge on any atom is 0.416 e. The fraction of sp³-hybridized carbons (Fsp3) is 0.300. The first-order valence-electron chi connectivity index (χ1n) is 8.62. The van der Waals surface area contributed by atoms with Crippen LogP contribution in [0.1, 0.15) is 29.0 Å². The lowest BCUT2D eigenvalue weighted by molar-refractivity contribution is -0.901. The van der Waals surface area contributed by atoms with E-state index < -0.39 is 17.7 Å². The summed E-state index contributed by atoms with van der Waals surface area (Å²) in [5, 5.41) is 0. The van der Waals surface area contributed by atoms with Crippen LogP contribution in [0.4, 0.5) is 13.2 Å². The molecule has 0 radical (unpaired) electrons. The molecule has 0 aromatic heterocycles. The minimum atomic E-state index is -4.36. The van der Waals surface area contributed by atoms with Crippen LogP contribution < -0.4 is 4.90 Å². The molecule has 0 aliphatic carbocycles. The Balaban J connectivity index is 1.63. The van der Waals surface area contributed by atoms with Crippen molar-refractivity contribution in [2.45, 2.75) is 25.1 Å². The van der Waals surface area contributed by atoms with E-state index in [-0.39, 0.29) is 24.9 Å². The minimum absolute atomic E-state index is 0.149. The molecule has 0 bridgehead atoms. The maximum atomic E-state index is 12.6. The molecule has 1 fully saturated rings. The van der Waals surface area contributed by atoms with Crippen molar-refractivity contribution in [3.63, 3.8) is 0 Å². The smallest absolute Gasteiger partial charge is 0.316 e. The molecular weight excluding hydrogens is 357 g/mol. The number of hydrogen-bond donors (Lipinski definition) is 1. The van der Waals surface area contributed by atoms with Crippen LogP contribution in [-0.4, -0.2) is 30.4 Å². The molecule has 1 aliphatic heterocycles. The summed E-state index contributed by atoms with van der Waals surface area (Å²) in [6.07, 6.45) is -4.21. The summed E-state index contributed by atoms with van der Waals surface area (Å²) >= 11 is 0. The Labute approximate surface area is 155 Å². The summed E-state index contributed by atoms with van der Waals surface area (Å²) in [6, 6.07) is 14.1. The van der Waals surface area contributed by atoms with Gasteiger partial charge in [-0.1, -0.05) is 42.5 Å². The largest absolute Gasteiger partial charge is 0.416 e. The molecule has 1 unspecified atom stereocenters. The van der Waals surface area contributed by atoms with Gasteiger partial charge in [0.25, 0.3) is 0 Å². The van der Waals surface area contributed by atoms with Crippen molar-refractivity contribution >= 4 is 11.8 Å². The third-order valence-electron chi connectivity index (χ3n) is 4.66. The number of nitrogens with one attached hydrogen (secondary N) is 1. The fourth-order valence-corrected chi connectivity index (χ4v) is 3.28. The fourth-order valence-electron chi connectivity index (χ4n) is 3.28. The van der Waals surface area contributed by atoms with E-state index in [1.165, 1.54) is 17.0 Å². The van der Waals surface area contributed by atoms with Crippen LogP contribution in [0.15, 0.2) is 54.6 Å². The highest BCUT2D eigenvalue weighted by atomic mass is 19.4. The van der Waals surface area contributed by atoms with Crippen LogP contribution in [0.2, 0.25) is 0 Å². The number of benzene rings is 2. The van der Waals surface area contributed by atoms with Crippen molar-refractivity contribution in [3.8, 4) is 0 Å². The number of imide groups is 1. The lowest BCUT2D eigenvalue weighted by atomic mass is 9.98. The normalized spacial score (nSPS) is 18.8. The number of nitrogens with zero attached hydrogens (tertiary/aromatic N) is 1. The van der Waals surface area contributed by atoms with E-state index >= 15 is 0 Å². The molecule has 0 saturated carbocycles. The van der Waals surface area contributed by atoms with Gasteiger partial charge in [-0.05, 0) is 17.7 Å². The van der Waals surface area contributed by atoms with Crippen molar-refractivity contribution in [1.82, 2.24) is 4.90 Å². The number of halogens is 3. The zero-order chi connectivity index (χ0) is 19.6. The van der Waals surface area contributed by atoms with Gasteiger partial charge in [0.15, 0.2) is 6.67 Å². The summed E-state index contributed by atoms with van der Waals surface area (Å²) in [6.45, 7) is 0.590. The molecule has 4 nitrogen and oxygen atoms in total. The van der Waals surface area contributed by atoms with Crippen LogP contribution in [0, 0.1) is 0 Å². The van der Waals surface area contributed by atoms with Crippen molar-refractivity contribution in [3.05, 3.63) is 71.3 Å². The van der Waals surface area contributed by atoms with E-state index in [1.807, 2.05) is 30.3 Å². The molecule has 2 amide bonds. The Morgan fingerprint density at radius 3 is 2.26 bits per heavy atom. The molecule has 1 N–H and O–H groups in total. The van der Waals surface area contributed by atoms with Crippen molar-refractivity contribution in [1.29, 1.82) is 0 Å². The molecule has 142 valence electrons. The van der Waals surface area contributed by atoms with Gasteiger partial charge in [0.2, 0.25) is 11.8 Å². The number of carbonyl (C=O) groups excluding carboxylic acids is 2. The van der Waals surface area contributed by atoms with E-state index in [0.29, 0.717) is 12.1 Å². The third-order valence-corrected chi connectivity index (χ3v) is 4.66. The van der Waals surface area contributed by atoms with Gasteiger partial charge in [-0.25, -0.2) is 4.90 Å². The zero-order valence-corrected chi connectivity index (χ0v) is 14.8. The van der Waals surface area contributed by atoms with E-state index in [2.05, 4.69) is 0 Å². The molecule has 2 aromatic carbocycles. The molecule has 1 saturated heterocycles. The summed E-state index contributed by atoms with van der Waals surface area (Å²) < 4.78 is 37.9. The number of quaternary nitrogens is 1. The summed E-state index contributed by atoms with van der Waals surface area (Å²) in [5.41, 5.74) is 0.831. The highest BCUT2D eigenvalue weighted by Gasteiger charge is 2.40. The van der Waals surface area contributed by atoms with Gasteiger partial charge < -0.3 is 4.90 Å². The summed E-state index contributed by atoms with van der Waals surface area (Å²) in [5.74, 6) is -0.906. The Morgan fingerprint density at radius 1 is 1.04 bits per heavy atom. The lowest BCUT2D eigenvalue weighted by Crippen LogP contribution is -3.09. The van der Waals surface area contributed by atoms with Gasteiger partial charge >= 0.3 is 6.18 Å². The molecule has 2 aromatic rings. The SMILES string of the molecule is C[NH+](Cc1ccc(C(F)(F)F)cc1)CN1C(=O)C[C@@H](c2ccccc2)C1=O. The highest BCUT2D eigenvalue weighted by Crippen LogP contribution is 2.29. The third kappa shape index (κ3) is 4.36. The molecular formula is C20H20F3N2O2+. The van der Waals surface area contributed by atoms with Crippen LogP contribution in [-0.2, 0) is 22.3 Å². The Bertz CT molecular complexity index is 819. The van der Waals surface area contributed by atoms with Gasteiger partial charge in [0, 0.05) is 12.0 Å². The average Bonchev–Trinajstić information content (AvgIpc) is 2.90. The molecule has 0 spiro atoms. The highest BCUT2D eigenvalue weighted by molar-refractivity contribution is 6.06. The van der Waals surface area contributed by atoms with Crippen molar-refractivity contribution < 1.29 is 27.7 Å². The number of rotatable bonds is 5. The van der Waals surface area contributed by atoms with E-state index in [4.69, 9.17) is 0 Å². The second kappa shape index (κ2) is 7.52. The number of alkyl halides is 3. The first kappa shape index (κ1) is 19.1. The number of amides is 2. The summed E-state index contributed by atoms with van der Waals surface area (Å²) in [4.78, 5) is 27.0. The van der Waals surface area contributed by atoms with Crippen LogP contribution in [0.25, 0.3) is 0 Å².